The van der Waals surface area contributed by atoms with Crippen LogP contribution < -0.4 is 20.7 Å². The molecule has 0 N–H and O–H groups in total. The predicted octanol–water partition coefficient (Wildman–Crippen LogP) is 4.74. The van der Waals surface area contributed by atoms with Gasteiger partial charge in [0.15, 0.2) is 11.6 Å². The van der Waals surface area contributed by atoms with E-state index in [1.54, 1.807) is 13.8 Å². The smallest absolute Gasteiger partial charge is 0.159 e. The van der Waals surface area contributed by atoms with Crippen LogP contribution in [0.4, 0.5) is 0 Å². The maximum Gasteiger partial charge on any atom is 0.159 e. The molecule has 0 bridgehead atoms. The van der Waals surface area contributed by atoms with Crippen LogP contribution in [0, 0.1) is 0 Å². The molecule has 4 rings (SSSR count). The van der Waals surface area contributed by atoms with Crippen molar-refractivity contribution in [2.75, 3.05) is 0 Å². The highest BCUT2D eigenvalue weighted by molar-refractivity contribution is 7.23. The van der Waals surface area contributed by atoms with Crippen molar-refractivity contribution in [2.24, 2.45) is 0 Å². The van der Waals surface area contributed by atoms with E-state index < -0.39 is 32.3 Å². The van der Waals surface area contributed by atoms with Crippen LogP contribution in [-0.2, 0) is 0 Å². The minimum absolute atomic E-state index is 0.162. The molecule has 0 radical (unpaired) electrons. The van der Waals surface area contributed by atoms with Crippen LogP contribution >= 0.6 is 0 Å². The Balaban J connectivity index is 0.000000191. The minimum atomic E-state index is -1.56. The molecule has 0 aliphatic carbocycles. The van der Waals surface area contributed by atoms with Crippen molar-refractivity contribution in [3.8, 4) is 0 Å². The lowest BCUT2D eigenvalue weighted by Gasteiger charge is -2.24. The fourth-order valence-electron chi connectivity index (χ4n) is 5.86. The molecule has 2 heterocycles. The highest BCUT2D eigenvalue weighted by atomic mass is 28.4. The van der Waals surface area contributed by atoms with Gasteiger partial charge in [-0.15, -0.1) is 13.2 Å². The Kier molecular flexibility index (Phi) is 6.57. The Morgan fingerprint density at radius 2 is 0.794 bits per heavy atom. The lowest BCUT2D eigenvalue weighted by molar-refractivity contribution is 0.100. The molecule has 0 fully saturated rings. The summed E-state index contributed by atoms with van der Waals surface area (Å²) in [6.07, 6.45) is 0. The van der Waals surface area contributed by atoms with Crippen molar-refractivity contribution in [2.45, 2.75) is 66.2 Å². The third-order valence-electron chi connectivity index (χ3n) is 8.56. The van der Waals surface area contributed by atoms with Crippen LogP contribution in [0.2, 0.25) is 52.4 Å². The fourth-order valence-corrected chi connectivity index (χ4v) is 30.1. The maximum atomic E-state index is 11.5. The molecule has 0 unspecified atom stereocenters. The lowest BCUT2D eigenvalue weighted by atomic mass is 10.1. The number of ketones is 2. The average Bonchev–Trinajstić information content (AvgIpc) is 2.98. The quantitative estimate of drug-likeness (QED) is 0.423. The SMILES string of the molecule is C=C1[Si](C)(C)c2ccc(C(C)=O)cc2[Si]1(C)C.C=C1[Si](C)(C)c2ccc(C(C)=O)cc2[Si]1(C)C. The van der Waals surface area contributed by atoms with Crippen LogP contribution in [-0.4, -0.2) is 43.9 Å². The number of fused-ring (bicyclic) bond motifs is 2. The Morgan fingerprint density at radius 1 is 0.529 bits per heavy atom. The molecule has 0 aromatic heterocycles. The molecule has 2 aromatic rings. The molecular formula is C28H40O2Si4. The molecule has 0 saturated carbocycles. The lowest BCUT2D eigenvalue weighted by Crippen LogP contribution is -2.44. The van der Waals surface area contributed by atoms with Gasteiger partial charge in [-0.25, -0.2) is 0 Å². The van der Waals surface area contributed by atoms with E-state index in [4.69, 9.17) is 0 Å². The van der Waals surface area contributed by atoms with Crippen molar-refractivity contribution in [3.05, 3.63) is 70.3 Å². The van der Waals surface area contributed by atoms with E-state index >= 15 is 0 Å². The van der Waals surface area contributed by atoms with Crippen LogP contribution in [0.3, 0.4) is 0 Å². The fraction of sp³-hybridized carbons (Fsp3) is 0.357. The first-order valence-electron chi connectivity index (χ1n) is 12.1. The summed E-state index contributed by atoms with van der Waals surface area (Å²) < 4.78 is 0. The molecule has 34 heavy (non-hydrogen) atoms. The number of Topliss-reactive ketones (excluding diaryl/α,β-unsaturated/α-hetero) is 2. The predicted molar refractivity (Wildman–Crippen MR) is 160 cm³/mol. The molecule has 2 nitrogen and oxygen atoms in total. The number of rotatable bonds is 2. The van der Waals surface area contributed by atoms with E-state index in [2.05, 4.69) is 89.8 Å². The molecule has 0 amide bonds. The van der Waals surface area contributed by atoms with E-state index in [0.29, 0.717) is 0 Å². The van der Waals surface area contributed by atoms with E-state index in [0.717, 1.165) is 11.1 Å². The molecule has 6 heteroatoms. The zero-order chi connectivity index (χ0) is 26.0. The summed E-state index contributed by atoms with van der Waals surface area (Å²) in [5.74, 6) is 0.323. The van der Waals surface area contributed by atoms with Gasteiger partial charge in [-0.3, -0.25) is 9.59 Å². The van der Waals surface area contributed by atoms with Crippen molar-refractivity contribution < 1.29 is 9.59 Å². The van der Waals surface area contributed by atoms with Gasteiger partial charge in [-0.1, -0.05) is 119 Å². The van der Waals surface area contributed by atoms with Crippen molar-refractivity contribution >= 4 is 64.6 Å². The minimum Gasteiger partial charge on any atom is -0.295 e. The summed E-state index contributed by atoms with van der Waals surface area (Å²) in [6.45, 7) is 31.0. The van der Waals surface area contributed by atoms with Gasteiger partial charge in [0.05, 0.1) is 0 Å². The first-order valence-corrected chi connectivity index (χ1v) is 24.1. The Hall–Kier alpha value is -1.87. The van der Waals surface area contributed by atoms with Crippen LogP contribution in [0.25, 0.3) is 0 Å². The highest BCUT2D eigenvalue weighted by Crippen LogP contribution is 2.31. The first kappa shape index (κ1) is 26.7. The van der Waals surface area contributed by atoms with Gasteiger partial charge in [0, 0.05) is 11.1 Å². The van der Waals surface area contributed by atoms with Gasteiger partial charge in [-0.05, 0) is 13.8 Å². The summed E-state index contributed by atoms with van der Waals surface area (Å²) >= 11 is 0. The van der Waals surface area contributed by atoms with Gasteiger partial charge in [0.25, 0.3) is 0 Å². The van der Waals surface area contributed by atoms with E-state index in [1.165, 1.54) is 30.4 Å². The Labute approximate surface area is 210 Å². The van der Waals surface area contributed by atoms with Gasteiger partial charge in [-0.2, -0.15) is 0 Å². The number of carbonyl (C=O) groups is 2. The zero-order valence-corrected chi connectivity index (χ0v) is 26.7. The zero-order valence-electron chi connectivity index (χ0n) is 22.7. The van der Waals surface area contributed by atoms with Gasteiger partial charge in [0.1, 0.15) is 32.3 Å². The first-order chi connectivity index (χ1) is 15.4. The molecule has 0 saturated heterocycles. The van der Waals surface area contributed by atoms with E-state index in [-0.39, 0.29) is 11.6 Å². The van der Waals surface area contributed by atoms with Gasteiger partial charge in [0.2, 0.25) is 0 Å². The topological polar surface area (TPSA) is 34.1 Å². The Morgan fingerprint density at radius 3 is 1.06 bits per heavy atom. The van der Waals surface area contributed by atoms with Crippen LogP contribution in [0.15, 0.2) is 59.2 Å². The van der Waals surface area contributed by atoms with Crippen molar-refractivity contribution in [1.82, 2.24) is 0 Å². The summed E-state index contributed by atoms with van der Waals surface area (Å²) in [6, 6.07) is 12.6. The molecule has 0 spiro atoms. The normalized spacial score (nSPS) is 20.2. The van der Waals surface area contributed by atoms with Gasteiger partial charge >= 0.3 is 0 Å². The second-order valence-electron chi connectivity index (χ2n) is 12.1. The Bertz CT molecular complexity index is 1150. The summed E-state index contributed by atoms with van der Waals surface area (Å²) in [5, 5.41) is 5.91. The maximum absolute atomic E-state index is 11.5. The van der Waals surface area contributed by atoms with Crippen LogP contribution in [0.1, 0.15) is 34.6 Å². The number of hydrogen-bond donors (Lipinski definition) is 0. The third-order valence-corrected chi connectivity index (χ3v) is 29.7. The van der Waals surface area contributed by atoms with Crippen molar-refractivity contribution in [3.63, 3.8) is 0 Å². The number of benzene rings is 2. The van der Waals surface area contributed by atoms with E-state index in [9.17, 15) is 9.59 Å². The molecule has 2 aromatic carbocycles. The summed E-state index contributed by atoms with van der Waals surface area (Å²) in [7, 11) is -6.13. The van der Waals surface area contributed by atoms with Crippen molar-refractivity contribution in [1.29, 1.82) is 0 Å². The van der Waals surface area contributed by atoms with E-state index in [1.807, 2.05) is 12.1 Å². The molecule has 180 valence electrons. The highest BCUT2D eigenvalue weighted by Gasteiger charge is 2.49. The van der Waals surface area contributed by atoms with Gasteiger partial charge < -0.3 is 0 Å². The monoisotopic (exact) mass is 520 g/mol. The number of hydrogen-bond acceptors (Lipinski definition) is 2. The summed E-state index contributed by atoms with van der Waals surface area (Å²) in [4.78, 5) is 26.0. The second-order valence-corrected chi connectivity index (χ2v) is 30.7. The third kappa shape index (κ3) is 3.98. The largest absolute Gasteiger partial charge is 0.295 e. The molecule has 0 atom stereocenters. The molecule has 2 aliphatic heterocycles. The molecule has 2 aliphatic rings. The van der Waals surface area contributed by atoms with Crippen LogP contribution in [0.5, 0.6) is 0 Å². The average molecular weight is 521 g/mol. The summed E-state index contributed by atoms with van der Waals surface area (Å²) in [5.41, 5.74) is 1.70. The number of carbonyl (C=O) groups excluding carboxylic acids is 2. The second kappa shape index (κ2) is 8.36. The molecular weight excluding hydrogens is 481 g/mol. The standard InChI is InChI=1S/2C14H20OSi2/c2*1-10(15)12-7-8-13-14(9-12)17(5,6)11(2)16(13,3)4/h2*7-9H,2H2,1,3-6H3.